The van der Waals surface area contributed by atoms with Crippen molar-refractivity contribution in [2.75, 3.05) is 13.7 Å². The summed E-state index contributed by atoms with van der Waals surface area (Å²) >= 11 is 0. The predicted octanol–water partition coefficient (Wildman–Crippen LogP) is 2.61. The zero-order chi connectivity index (χ0) is 17.9. The summed E-state index contributed by atoms with van der Waals surface area (Å²) in [6.07, 6.45) is 2.41. The van der Waals surface area contributed by atoms with Crippen LogP contribution in [0, 0.1) is 0 Å². The molecule has 0 aliphatic carbocycles. The zero-order valence-corrected chi connectivity index (χ0v) is 14.4. The Balaban J connectivity index is 1.44. The molecule has 0 bridgehead atoms. The molecule has 0 saturated carbocycles. The van der Waals surface area contributed by atoms with Gasteiger partial charge in [-0.2, -0.15) is 5.10 Å². The van der Waals surface area contributed by atoms with Crippen molar-refractivity contribution < 1.29 is 14.3 Å². The number of fused-ring (bicyclic) bond motifs is 1. The van der Waals surface area contributed by atoms with Gasteiger partial charge in [-0.3, -0.25) is 4.79 Å². The molecule has 0 fully saturated rings. The third-order valence-corrected chi connectivity index (χ3v) is 4.34. The topological polar surface area (TPSA) is 65.4 Å². The highest BCUT2D eigenvalue weighted by atomic mass is 16.5. The van der Waals surface area contributed by atoms with E-state index in [9.17, 15) is 4.79 Å². The average molecular weight is 349 g/mol. The SMILES string of the molecule is COc1cn(-c2ccccc2)nc1C(=O)NCC1Cc2ccccc2O1. The molecular formula is C20H19N3O3. The lowest BCUT2D eigenvalue weighted by Gasteiger charge is -2.11. The Morgan fingerprint density at radius 2 is 2.00 bits per heavy atom. The Morgan fingerprint density at radius 1 is 1.23 bits per heavy atom. The van der Waals surface area contributed by atoms with Gasteiger partial charge in [-0.1, -0.05) is 36.4 Å². The quantitative estimate of drug-likeness (QED) is 0.769. The fourth-order valence-electron chi connectivity index (χ4n) is 3.04. The standard InChI is InChI=1S/C20H19N3O3/c1-25-18-13-23(15-8-3-2-4-9-15)22-19(18)20(24)21-12-16-11-14-7-5-6-10-17(14)26-16/h2-10,13,16H,11-12H2,1H3,(H,21,24). The summed E-state index contributed by atoms with van der Waals surface area (Å²) in [6.45, 7) is 0.412. The van der Waals surface area contributed by atoms with Gasteiger partial charge in [0.05, 0.1) is 25.5 Å². The highest BCUT2D eigenvalue weighted by Crippen LogP contribution is 2.28. The molecule has 1 atom stereocenters. The summed E-state index contributed by atoms with van der Waals surface area (Å²) in [5.41, 5.74) is 2.28. The van der Waals surface area contributed by atoms with Crippen LogP contribution in [0.4, 0.5) is 0 Å². The van der Waals surface area contributed by atoms with Crippen molar-refractivity contribution in [2.24, 2.45) is 0 Å². The van der Waals surface area contributed by atoms with Crippen LogP contribution in [0.1, 0.15) is 16.1 Å². The Labute approximate surface area is 151 Å². The monoisotopic (exact) mass is 349 g/mol. The minimum Gasteiger partial charge on any atom is -0.493 e. The Bertz CT molecular complexity index is 896. The Morgan fingerprint density at radius 3 is 2.77 bits per heavy atom. The molecule has 3 aromatic rings. The molecule has 6 nitrogen and oxygen atoms in total. The number of hydrogen-bond donors (Lipinski definition) is 1. The van der Waals surface area contributed by atoms with Gasteiger partial charge in [-0.25, -0.2) is 4.68 Å². The molecule has 0 spiro atoms. The molecular weight excluding hydrogens is 330 g/mol. The smallest absolute Gasteiger partial charge is 0.275 e. The molecule has 2 aromatic carbocycles. The first kappa shape index (κ1) is 16.2. The molecule has 1 aliphatic heterocycles. The summed E-state index contributed by atoms with van der Waals surface area (Å²) in [5.74, 6) is 1.04. The number of nitrogens with zero attached hydrogens (tertiary/aromatic N) is 2. The number of carbonyl (C=O) groups is 1. The second-order valence-corrected chi connectivity index (χ2v) is 6.09. The van der Waals surface area contributed by atoms with Crippen LogP contribution >= 0.6 is 0 Å². The van der Waals surface area contributed by atoms with Crippen molar-refractivity contribution in [1.82, 2.24) is 15.1 Å². The first-order valence-corrected chi connectivity index (χ1v) is 8.46. The molecule has 0 saturated heterocycles. The van der Waals surface area contributed by atoms with Gasteiger partial charge in [-0.15, -0.1) is 0 Å². The summed E-state index contributed by atoms with van der Waals surface area (Å²) in [6, 6.07) is 17.5. The van der Waals surface area contributed by atoms with Crippen molar-refractivity contribution in [2.45, 2.75) is 12.5 Å². The number of para-hydroxylation sites is 2. The lowest BCUT2D eigenvalue weighted by molar-refractivity contribution is 0.0925. The molecule has 6 heteroatoms. The van der Waals surface area contributed by atoms with Gasteiger partial charge in [0, 0.05) is 6.42 Å². The van der Waals surface area contributed by atoms with Crippen molar-refractivity contribution in [1.29, 1.82) is 0 Å². The van der Waals surface area contributed by atoms with Crippen LogP contribution in [0.3, 0.4) is 0 Å². The second kappa shape index (κ2) is 6.92. The molecule has 1 N–H and O–H groups in total. The minimum absolute atomic E-state index is 0.0708. The third kappa shape index (κ3) is 3.13. The molecule has 1 unspecified atom stereocenters. The highest BCUT2D eigenvalue weighted by Gasteiger charge is 2.24. The molecule has 132 valence electrons. The number of rotatable bonds is 5. The second-order valence-electron chi connectivity index (χ2n) is 6.09. The van der Waals surface area contributed by atoms with Gasteiger partial charge in [0.25, 0.3) is 5.91 Å². The number of hydrogen-bond acceptors (Lipinski definition) is 4. The van der Waals surface area contributed by atoms with Crippen LogP contribution in [-0.2, 0) is 6.42 Å². The number of ether oxygens (including phenoxy) is 2. The lowest BCUT2D eigenvalue weighted by Crippen LogP contribution is -2.34. The number of methoxy groups -OCH3 is 1. The van der Waals surface area contributed by atoms with E-state index >= 15 is 0 Å². The van der Waals surface area contributed by atoms with Gasteiger partial charge >= 0.3 is 0 Å². The molecule has 1 aliphatic rings. The van der Waals surface area contributed by atoms with Gasteiger partial charge in [-0.05, 0) is 23.8 Å². The highest BCUT2D eigenvalue weighted by molar-refractivity contribution is 5.95. The molecule has 1 amide bonds. The van der Waals surface area contributed by atoms with E-state index in [1.54, 1.807) is 10.9 Å². The van der Waals surface area contributed by atoms with Gasteiger partial charge in [0.15, 0.2) is 11.4 Å². The van der Waals surface area contributed by atoms with Crippen LogP contribution in [0.25, 0.3) is 5.69 Å². The van der Waals surface area contributed by atoms with Crippen LogP contribution in [0.2, 0.25) is 0 Å². The first-order chi connectivity index (χ1) is 12.7. The lowest BCUT2D eigenvalue weighted by atomic mass is 10.1. The summed E-state index contributed by atoms with van der Waals surface area (Å²) in [7, 11) is 1.53. The van der Waals surface area contributed by atoms with Crippen molar-refractivity contribution in [3.05, 3.63) is 72.1 Å². The fraction of sp³-hybridized carbons (Fsp3) is 0.200. The number of amides is 1. The zero-order valence-electron chi connectivity index (χ0n) is 14.4. The largest absolute Gasteiger partial charge is 0.493 e. The van der Waals surface area contributed by atoms with E-state index in [2.05, 4.69) is 10.4 Å². The third-order valence-electron chi connectivity index (χ3n) is 4.34. The number of aromatic nitrogens is 2. The van der Waals surface area contributed by atoms with Crippen molar-refractivity contribution in [3.8, 4) is 17.2 Å². The number of benzene rings is 2. The molecule has 26 heavy (non-hydrogen) atoms. The van der Waals surface area contributed by atoms with E-state index in [1.165, 1.54) is 7.11 Å². The number of nitrogens with one attached hydrogen (secondary N) is 1. The van der Waals surface area contributed by atoms with Gasteiger partial charge in [0.2, 0.25) is 0 Å². The van der Waals surface area contributed by atoms with Gasteiger partial charge < -0.3 is 14.8 Å². The van der Waals surface area contributed by atoms with E-state index in [1.807, 2.05) is 54.6 Å². The molecule has 1 aromatic heterocycles. The maximum atomic E-state index is 12.6. The van der Waals surface area contributed by atoms with Crippen molar-refractivity contribution in [3.63, 3.8) is 0 Å². The minimum atomic E-state index is -0.281. The molecule has 4 rings (SSSR count). The molecule has 2 heterocycles. The van der Waals surface area contributed by atoms with E-state index in [0.29, 0.717) is 12.3 Å². The van der Waals surface area contributed by atoms with E-state index in [4.69, 9.17) is 9.47 Å². The average Bonchev–Trinajstić information content (AvgIpc) is 3.30. The van der Waals surface area contributed by atoms with Crippen molar-refractivity contribution >= 4 is 5.91 Å². The predicted molar refractivity (Wildman–Crippen MR) is 97.0 cm³/mol. The number of carbonyl (C=O) groups excluding carboxylic acids is 1. The summed E-state index contributed by atoms with van der Waals surface area (Å²) in [5, 5.41) is 7.27. The van der Waals surface area contributed by atoms with Crippen LogP contribution in [0.15, 0.2) is 60.8 Å². The van der Waals surface area contributed by atoms with Crippen LogP contribution in [-0.4, -0.2) is 35.4 Å². The summed E-state index contributed by atoms with van der Waals surface area (Å²) in [4.78, 5) is 12.6. The first-order valence-electron chi connectivity index (χ1n) is 8.46. The maximum absolute atomic E-state index is 12.6. The van der Waals surface area contributed by atoms with Crippen LogP contribution in [0.5, 0.6) is 11.5 Å². The van der Waals surface area contributed by atoms with E-state index in [0.717, 1.165) is 23.4 Å². The fourth-order valence-corrected chi connectivity index (χ4v) is 3.04. The summed E-state index contributed by atoms with van der Waals surface area (Å²) < 4.78 is 12.8. The maximum Gasteiger partial charge on any atom is 0.275 e. The van der Waals surface area contributed by atoms with Crippen LogP contribution < -0.4 is 14.8 Å². The van der Waals surface area contributed by atoms with Gasteiger partial charge in [0.1, 0.15) is 11.9 Å². The van der Waals surface area contributed by atoms with E-state index in [-0.39, 0.29) is 17.7 Å². The Hall–Kier alpha value is -3.28. The van der Waals surface area contributed by atoms with E-state index < -0.39 is 0 Å². The normalized spacial score (nSPS) is 15.2. The molecule has 0 radical (unpaired) electrons. The Kier molecular flexibility index (Phi) is 4.31.